The number of nitrogens with one attached hydrogen (secondary N) is 2. The van der Waals surface area contributed by atoms with Crippen LogP contribution in [0.2, 0.25) is 0 Å². The molecular weight excluding hydrogens is 190 g/mol. The molecule has 2 N–H and O–H groups in total. The Morgan fingerprint density at radius 2 is 2.33 bits per heavy atom. The van der Waals surface area contributed by atoms with Gasteiger partial charge in [-0.2, -0.15) is 5.10 Å². The minimum absolute atomic E-state index is 0.736. The van der Waals surface area contributed by atoms with Gasteiger partial charge in [0.1, 0.15) is 0 Å². The van der Waals surface area contributed by atoms with Crippen LogP contribution >= 0.6 is 0 Å². The summed E-state index contributed by atoms with van der Waals surface area (Å²) in [6, 6.07) is 1.99. The van der Waals surface area contributed by atoms with Gasteiger partial charge in [-0.15, -0.1) is 0 Å². The van der Waals surface area contributed by atoms with Crippen LogP contribution in [0.3, 0.4) is 0 Å². The molecule has 0 saturated carbocycles. The summed E-state index contributed by atoms with van der Waals surface area (Å²) in [5.74, 6) is 0.832. The summed E-state index contributed by atoms with van der Waals surface area (Å²) in [5, 5.41) is 10.5. The predicted octanol–water partition coefficient (Wildman–Crippen LogP) is 0.495. The van der Waals surface area contributed by atoms with Crippen molar-refractivity contribution in [3.8, 4) is 0 Å². The second-order valence-electron chi connectivity index (χ2n) is 3.30. The average Bonchev–Trinajstić information content (AvgIpc) is 2.65. The van der Waals surface area contributed by atoms with Gasteiger partial charge in [-0.3, -0.25) is 9.67 Å². The van der Waals surface area contributed by atoms with Crippen molar-refractivity contribution in [3.63, 3.8) is 0 Å². The van der Waals surface area contributed by atoms with E-state index in [4.69, 9.17) is 0 Å². The summed E-state index contributed by atoms with van der Waals surface area (Å²) in [5.41, 5.74) is 1.13. The second kappa shape index (κ2) is 6.06. The Hall–Kier alpha value is -1.52. The predicted molar refractivity (Wildman–Crippen MR) is 61.7 cm³/mol. The Bertz CT molecular complexity index is 315. The number of rotatable bonds is 4. The first kappa shape index (κ1) is 11.6. The molecule has 5 heteroatoms. The molecule has 0 saturated heterocycles. The summed E-state index contributed by atoms with van der Waals surface area (Å²) >= 11 is 0. The third-order valence-electron chi connectivity index (χ3n) is 2.13. The van der Waals surface area contributed by atoms with Crippen molar-refractivity contribution in [2.45, 2.75) is 19.9 Å². The first-order valence-corrected chi connectivity index (χ1v) is 5.19. The third-order valence-corrected chi connectivity index (χ3v) is 2.13. The zero-order valence-electron chi connectivity index (χ0n) is 9.62. The van der Waals surface area contributed by atoms with Crippen molar-refractivity contribution in [1.29, 1.82) is 0 Å². The number of aromatic nitrogens is 2. The molecule has 0 radical (unpaired) electrons. The Kier molecular flexibility index (Phi) is 4.66. The van der Waals surface area contributed by atoms with Gasteiger partial charge in [0.25, 0.3) is 0 Å². The molecule has 0 bridgehead atoms. The molecule has 0 amide bonds. The van der Waals surface area contributed by atoms with E-state index < -0.39 is 0 Å². The smallest absolute Gasteiger partial charge is 0.191 e. The van der Waals surface area contributed by atoms with Crippen molar-refractivity contribution < 1.29 is 0 Å². The Labute approximate surface area is 90.6 Å². The highest BCUT2D eigenvalue weighted by Crippen LogP contribution is 1.94. The van der Waals surface area contributed by atoms with Gasteiger partial charge >= 0.3 is 0 Å². The molecule has 0 fully saturated rings. The topological polar surface area (TPSA) is 54.2 Å². The van der Waals surface area contributed by atoms with Crippen LogP contribution in [0, 0.1) is 0 Å². The quantitative estimate of drug-likeness (QED) is 0.560. The zero-order chi connectivity index (χ0) is 11.1. The van der Waals surface area contributed by atoms with E-state index in [1.165, 1.54) is 0 Å². The molecule has 0 aliphatic heterocycles. The van der Waals surface area contributed by atoms with Crippen LogP contribution in [0.15, 0.2) is 17.3 Å². The van der Waals surface area contributed by atoms with Crippen LogP contribution in [-0.4, -0.2) is 29.3 Å². The first-order valence-electron chi connectivity index (χ1n) is 5.19. The maximum absolute atomic E-state index is 4.12. The van der Waals surface area contributed by atoms with Crippen LogP contribution in [-0.2, 0) is 13.6 Å². The molecular formula is C10H19N5. The van der Waals surface area contributed by atoms with Crippen LogP contribution in [0.4, 0.5) is 0 Å². The molecule has 0 aromatic carbocycles. The fraction of sp³-hybridized carbons (Fsp3) is 0.600. The summed E-state index contributed by atoms with van der Waals surface area (Å²) in [6.07, 6.45) is 2.88. The standard InChI is InChI=1S/C10H19N5/c1-4-6-12-10(11-2)13-8-9-5-7-14-15(9)3/h5,7H,4,6,8H2,1-3H3,(H2,11,12,13). The van der Waals surface area contributed by atoms with Gasteiger partial charge in [0.2, 0.25) is 0 Å². The van der Waals surface area contributed by atoms with Crippen LogP contribution in [0.25, 0.3) is 0 Å². The molecule has 0 aliphatic carbocycles. The lowest BCUT2D eigenvalue weighted by Crippen LogP contribution is -2.37. The van der Waals surface area contributed by atoms with Crippen LogP contribution in [0.5, 0.6) is 0 Å². The molecule has 1 heterocycles. The number of aryl methyl sites for hydroxylation is 1. The van der Waals surface area contributed by atoms with Gasteiger partial charge in [-0.1, -0.05) is 6.92 Å². The van der Waals surface area contributed by atoms with Crippen molar-refractivity contribution in [2.75, 3.05) is 13.6 Å². The van der Waals surface area contributed by atoms with Crippen LogP contribution < -0.4 is 10.6 Å². The zero-order valence-corrected chi connectivity index (χ0v) is 9.62. The van der Waals surface area contributed by atoms with Gasteiger partial charge < -0.3 is 10.6 Å². The van der Waals surface area contributed by atoms with E-state index in [2.05, 4.69) is 27.6 Å². The summed E-state index contributed by atoms with van der Waals surface area (Å²) in [6.45, 7) is 3.80. The molecule has 0 spiro atoms. The summed E-state index contributed by atoms with van der Waals surface area (Å²) in [4.78, 5) is 4.12. The maximum atomic E-state index is 4.12. The average molecular weight is 209 g/mol. The van der Waals surface area contributed by atoms with E-state index in [1.807, 2.05) is 17.8 Å². The molecule has 15 heavy (non-hydrogen) atoms. The fourth-order valence-corrected chi connectivity index (χ4v) is 1.21. The monoisotopic (exact) mass is 209 g/mol. The Balaban J connectivity index is 2.38. The minimum atomic E-state index is 0.736. The largest absolute Gasteiger partial charge is 0.356 e. The number of guanidine groups is 1. The summed E-state index contributed by atoms with van der Waals surface area (Å²) in [7, 11) is 3.70. The van der Waals surface area contributed by atoms with Gasteiger partial charge in [0.05, 0.1) is 12.2 Å². The van der Waals surface area contributed by atoms with Crippen LogP contribution in [0.1, 0.15) is 19.0 Å². The van der Waals surface area contributed by atoms with Gasteiger partial charge in [0, 0.05) is 26.8 Å². The third kappa shape index (κ3) is 3.61. The normalized spacial score (nSPS) is 11.5. The van der Waals surface area contributed by atoms with Crippen molar-refractivity contribution in [2.24, 2.45) is 12.0 Å². The van der Waals surface area contributed by atoms with Crippen molar-refractivity contribution in [1.82, 2.24) is 20.4 Å². The lowest BCUT2D eigenvalue weighted by atomic mass is 10.4. The lowest BCUT2D eigenvalue weighted by Gasteiger charge is -2.10. The molecule has 1 rings (SSSR count). The number of hydrogen-bond acceptors (Lipinski definition) is 2. The number of hydrogen-bond donors (Lipinski definition) is 2. The molecule has 1 aromatic rings. The van der Waals surface area contributed by atoms with Gasteiger partial charge in [0.15, 0.2) is 5.96 Å². The van der Waals surface area contributed by atoms with Gasteiger partial charge in [-0.25, -0.2) is 0 Å². The molecule has 1 aromatic heterocycles. The lowest BCUT2D eigenvalue weighted by molar-refractivity contribution is 0.683. The van der Waals surface area contributed by atoms with E-state index in [-0.39, 0.29) is 0 Å². The number of aliphatic imine (C=N–C) groups is 1. The fourth-order valence-electron chi connectivity index (χ4n) is 1.21. The SMILES string of the molecule is CCCNC(=NC)NCc1ccnn1C. The maximum Gasteiger partial charge on any atom is 0.191 e. The molecule has 84 valence electrons. The minimum Gasteiger partial charge on any atom is -0.356 e. The first-order chi connectivity index (χ1) is 7.27. The highest BCUT2D eigenvalue weighted by Gasteiger charge is 1.99. The molecule has 0 atom stereocenters. The van der Waals surface area contributed by atoms with E-state index in [0.29, 0.717) is 0 Å². The van der Waals surface area contributed by atoms with Gasteiger partial charge in [-0.05, 0) is 12.5 Å². The van der Waals surface area contributed by atoms with E-state index in [0.717, 1.165) is 31.2 Å². The highest BCUT2D eigenvalue weighted by atomic mass is 15.3. The van der Waals surface area contributed by atoms with E-state index in [1.54, 1.807) is 13.2 Å². The molecule has 0 aliphatic rings. The number of nitrogens with zero attached hydrogens (tertiary/aromatic N) is 3. The van der Waals surface area contributed by atoms with Crippen molar-refractivity contribution >= 4 is 5.96 Å². The highest BCUT2D eigenvalue weighted by molar-refractivity contribution is 5.79. The Morgan fingerprint density at radius 1 is 1.53 bits per heavy atom. The van der Waals surface area contributed by atoms with Crippen molar-refractivity contribution in [3.05, 3.63) is 18.0 Å². The van der Waals surface area contributed by atoms with E-state index >= 15 is 0 Å². The summed E-state index contributed by atoms with van der Waals surface area (Å²) < 4.78 is 1.85. The Morgan fingerprint density at radius 3 is 2.87 bits per heavy atom. The molecule has 5 nitrogen and oxygen atoms in total. The van der Waals surface area contributed by atoms with E-state index in [9.17, 15) is 0 Å². The molecule has 0 unspecified atom stereocenters. The second-order valence-corrected chi connectivity index (χ2v) is 3.30.